The van der Waals surface area contributed by atoms with Crippen LogP contribution in [0.5, 0.6) is 5.75 Å². The van der Waals surface area contributed by atoms with Crippen LogP contribution in [0.15, 0.2) is 67.3 Å². The van der Waals surface area contributed by atoms with E-state index >= 15 is 0 Å². The molecule has 0 spiro atoms. The number of ether oxygens (including phenoxy) is 1. The maximum Gasteiger partial charge on any atom is 0.193 e. The molecule has 21 heavy (non-hydrogen) atoms. The molecule has 106 valence electrons. The number of ketones is 2. The van der Waals surface area contributed by atoms with Gasteiger partial charge in [0.2, 0.25) is 0 Å². The fourth-order valence-electron chi connectivity index (χ4n) is 1.83. The molecule has 2 aromatic carbocycles. The van der Waals surface area contributed by atoms with Crippen LogP contribution in [0.25, 0.3) is 0 Å². The predicted molar refractivity (Wildman–Crippen MR) is 81.6 cm³/mol. The topological polar surface area (TPSA) is 43.4 Å². The number of hydrogen-bond acceptors (Lipinski definition) is 3. The molecule has 0 heterocycles. The molecule has 0 aliphatic carbocycles. The highest BCUT2D eigenvalue weighted by Crippen LogP contribution is 2.15. The van der Waals surface area contributed by atoms with Gasteiger partial charge in [-0.3, -0.25) is 9.59 Å². The molecule has 0 aromatic heterocycles. The minimum absolute atomic E-state index is 0.0241. The standard InChI is InChI=1S/C18H16O3/c1-2-16(19)12-13-21-17-10-8-15(9-11-17)18(20)14-6-4-3-5-7-14/h2-11H,1,12-13H2. The molecule has 0 aliphatic heterocycles. The van der Waals surface area contributed by atoms with E-state index in [1.807, 2.05) is 18.2 Å². The molecule has 0 saturated heterocycles. The van der Waals surface area contributed by atoms with E-state index in [0.717, 1.165) is 0 Å². The Hall–Kier alpha value is -2.68. The summed E-state index contributed by atoms with van der Waals surface area (Å²) in [6.45, 7) is 3.71. The fraction of sp³-hybridized carbons (Fsp3) is 0.111. The average molecular weight is 280 g/mol. The highest BCUT2D eigenvalue weighted by Gasteiger charge is 2.08. The van der Waals surface area contributed by atoms with Crippen molar-refractivity contribution in [3.8, 4) is 5.75 Å². The molecule has 0 radical (unpaired) electrons. The van der Waals surface area contributed by atoms with Crippen LogP contribution in [0.3, 0.4) is 0 Å². The van der Waals surface area contributed by atoms with Gasteiger partial charge in [-0.2, -0.15) is 0 Å². The molecular weight excluding hydrogens is 264 g/mol. The van der Waals surface area contributed by atoms with Crippen molar-refractivity contribution in [3.63, 3.8) is 0 Å². The summed E-state index contributed by atoms with van der Waals surface area (Å²) in [5.74, 6) is 0.561. The Morgan fingerprint density at radius 3 is 2.19 bits per heavy atom. The molecule has 0 amide bonds. The van der Waals surface area contributed by atoms with Gasteiger partial charge in [-0.15, -0.1) is 0 Å². The maximum absolute atomic E-state index is 12.2. The third-order valence-corrected chi connectivity index (χ3v) is 3.00. The largest absolute Gasteiger partial charge is 0.493 e. The third-order valence-electron chi connectivity index (χ3n) is 3.00. The first kappa shape index (κ1) is 14.7. The Morgan fingerprint density at radius 1 is 0.952 bits per heavy atom. The zero-order valence-electron chi connectivity index (χ0n) is 11.6. The second-order valence-electron chi connectivity index (χ2n) is 4.49. The molecule has 3 heteroatoms. The molecule has 0 saturated carbocycles. The molecule has 2 rings (SSSR count). The van der Waals surface area contributed by atoms with Gasteiger partial charge in [0, 0.05) is 17.5 Å². The highest BCUT2D eigenvalue weighted by molar-refractivity contribution is 6.08. The summed E-state index contributed by atoms with van der Waals surface area (Å²) < 4.78 is 5.44. The number of benzene rings is 2. The molecule has 0 fully saturated rings. The van der Waals surface area contributed by atoms with Crippen LogP contribution in [0.2, 0.25) is 0 Å². The summed E-state index contributed by atoms with van der Waals surface area (Å²) >= 11 is 0. The van der Waals surface area contributed by atoms with Gasteiger partial charge in [0.05, 0.1) is 6.61 Å². The van der Waals surface area contributed by atoms with Gasteiger partial charge in [-0.25, -0.2) is 0 Å². The van der Waals surface area contributed by atoms with E-state index in [1.54, 1.807) is 36.4 Å². The number of allylic oxidation sites excluding steroid dienone is 1. The minimum atomic E-state index is -0.0501. The summed E-state index contributed by atoms with van der Waals surface area (Å²) in [6.07, 6.45) is 1.58. The first-order valence-corrected chi connectivity index (χ1v) is 6.68. The van der Waals surface area contributed by atoms with Gasteiger partial charge < -0.3 is 4.74 Å². The Kier molecular flexibility index (Phi) is 5.04. The molecule has 0 unspecified atom stereocenters. The van der Waals surface area contributed by atoms with E-state index in [0.29, 0.717) is 29.9 Å². The predicted octanol–water partition coefficient (Wildman–Crippen LogP) is 3.44. The van der Waals surface area contributed by atoms with Crippen LogP contribution in [0.1, 0.15) is 22.3 Å². The van der Waals surface area contributed by atoms with Gasteiger partial charge in [0.25, 0.3) is 0 Å². The lowest BCUT2D eigenvalue weighted by molar-refractivity contribution is -0.115. The maximum atomic E-state index is 12.2. The molecule has 2 aromatic rings. The van der Waals surface area contributed by atoms with Gasteiger partial charge in [-0.1, -0.05) is 36.9 Å². The molecular formula is C18H16O3. The van der Waals surface area contributed by atoms with Crippen molar-refractivity contribution in [1.29, 1.82) is 0 Å². The smallest absolute Gasteiger partial charge is 0.193 e. The summed E-state index contributed by atoms with van der Waals surface area (Å²) in [7, 11) is 0. The van der Waals surface area contributed by atoms with E-state index in [4.69, 9.17) is 4.74 Å². The van der Waals surface area contributed by atoms with Crippen molar-refractivity contribution in [2.45, 2.75) is 6.42 Å². The van der Waals surface area contributed by atoms with Crippen molar-refractivity contribution in [3.05, 3.63) is 78.4 Å². The van der Waals surface area contributed by atoms with Crippen LogP contribution in [-0.2, 0) is 4.79 Å². The Labute approximate surface area is 123 Å². The zero-order chi connectivity index (χ0) is 15.1. The lowest BCUT2D eigenvalue weighted by Crippen LogP contribution is -2.04. The van der Waals surface area contributed by atoms with Crippen molar-refractivity contribution in [2.75, 3.05) is 6.61 Å². The van der Waals surface area contributed by atoms with E-state index < -0.39 is 0 Å². The lowest BCUT2D eigenvalue weighted by Gasteiger charge is -2.06. The van der Waals surface area contributed by atoms with E-state index in [-0.39, 0.29) is 11.6 Å². The number of carbonyl (C=O) groups is 2. The van der Waals surface area contributed by atoms with Gasteiger partial charge in [0.1, 0.15) is 5.75 Å². The van der Waals surface area contributed by atoms with Crippen LogP contribution in [-0.4, -0.2) is 18.2 Å². The first-order valence-electron chi connectivity index (χ1n) is 6.68. The van der Waals surface area contributed by atoms with Crippen LogP contribution in [0, 0.1) is 0 Å². The molecule has 0 N–H and O–H groups in total. The zero-order valence-corrected chi connectivity index (χ0v) is 11.6. The normalized spacial score (nSPS) is 9.90. The highest BCUT2D eigenvalue weighted by atomic mass is 16.5. The van der Waals surface area contributed by atoms with Crippen molar-refractivity contribution in [2.24, 2.45) is 0 Å². The van der Waals surface area contributed by atoms with Crippen LogP contribution in [0.4, 0.5) is 0 Å². The van der Waals surface area contributed by atoms with Crippen LogP contribution < -0.4 is 4.74 Å². The number of rotatable bonds is 7. The second-order valence-corrected chi connectivity index (χ2v) is 4.49. The monoisotopic (exact) mass is 280 g/mol. The average Bonchev–Trinajstić information content (AvgIpc) is 2.55. The molecule has 0 atom stereocenters. The number of hydrogen-bond donors (Lipinski definition) is 0. The first-order chi connectivity index (χ1) is 10.2. The number of carbonyl (C=O) groups excluding carboxylic acids is 2. The molecule has 0 bridgehead atoms. The molecule has 3 nitrogen and oxygen atoms in total. The van der Waals surface area contributed by atoms with Gasteiger partial charge in [0.15, 0.2) is 11.6 Å². The summed E-state index contributed by atoms with van der Waals surface area (Å²) in [5, 5.41) is 0. The van der Waals surface area contributed by atoms with E-state index in [9.17, 15) is 9.59 Å². The van der Waals surface area contributed by atoms with Crippen molar-refractivity contribution in [1.82, 2.24) is 0 Å². The minimum Gasteiger partial charge on any atom is -0.493 e. The Balaban J connectivity index is 1.97. The summed E-state index contributed by atoms with van der Waals surface area (Å²) in [4.78, 5) is 23.3. The van der Waals surface area contributed by atoms with E-state index in [1.165, 1.54) is 6.08 Å². The van der Waals surface area contributed by atoms with E-state index in [2.05, 4.69) is 6.58 Å². The van der Waals surface area contributed by atoms with Gasteiger partial charge >= 0.3 is 0 Å². The third kappa shape index (κ3) is 4.14. The summed E-state index contributed by atoms with van der Waals surface area (Å²) in [5.41, 5.74) is 1.26. The van der Waals surface area contributed by atoms with Crippen molar-refractivity contribution >= 4 is 11.6 Å². The second kappa shape index (κ2) is 7.20. The fourth-order valence-corrected chi connectivity index (χ4v) is 1.83. The van der Waals surface area contributed by atoms with Crippen LogP contribution >= 0.6 is 0 Å². The summed E-state index contributed by atoms with van der Waals surface area (Å²) in [6, 6.07) is 16.0. The SMILES string of the molecule is C=CC(=O)CCOc1ccc(C(=O)c2ccccc2)cc1. The van der Waals surface area contributed by atoms with Crippen molar-refractivity contribution < 1.29 is 14.3 Å². The Morgan fingerprint density at radius 2 is 1.57 bits per heavy atom. The quantitative estimate of drug-likeness (QED) is 0.576. The Bertz CT molecular complexity index is 627. The lowest BCUT2D eigenvalue weighted by atomic mass is 10.0. The molecule has 0 aliphatic rings. The van der Waals surface area contributed by atoms with Gasteiger partial charge in [-0.05, 0) is 30.3 Å².